The smallest absolute Gasteiger partial charge is 0.361 e. The molecule has 4 rings (SSSR count). The first-order valence-corrected chi connectivity index (χ1v) is 10.7. The third kappa shape index (κ3) is 5.04. The van der Waals surface area contributed by atoms with E-state index in [9.17, 15) is 0 Å². The molecular formula is C27H22BrO3+. The van der Waals surface area contributed by atoms with E-state index in [0.717, 1.165) is 49.8 Å². The average molecular weight is 474 g/mol. The quantitative estimate of drug-likeness (QED) is 0.267. The van der Waals surface area contributed by atoms with Gasteiger partial charge < -0.3 is 9.47 Å². The largest absolute Gasteiger partial charge is 0.497 e. The molecule has 0 amide bonds. The summed E-state index contributed by atoms with van der Waals surface area (Å²) in [6.07, 6.45) is 2.10. The summed E-state index contributed by atoms with van der Waals surface area (Å²) in [5, 5.41) is 0. The summed E-state index contributed by atoms with van der Waals surface area (Å²) in [4.78, 5) is 0. The normalized spacial score (nSPS) is 11.3. The van der Waals surface area contributed by atoms with Crippen LogP contribution in [-0.4, -0.2) is 14.2 Å². The Kier molecular flexibility index (Phi) is 6.48. The molecule has 3 nitrogen and oxygen atoms in total. The Hall–Kier alpha value is -3.37. The maximum Gasteiger partial charge on any atom is 0.361 e. The third-order valence-corrected chi connectivity index (χ3v) is 5.59. The van der Waals surface area contributed by atoms with Gasteiger partial charge in [-0.3, -0.25) is 0 Å². The molecule has 31 heavy (non-hydrogen) atoms. The molecule has 3 aromatic carbocycles. The lowest BCUT2D eigenvalue weighted by molar-refractivity contribution is 0.415. The van der Waals surface area contributed by atoms with E-state index in [1.54, 1.807) is 14.2 Å². The van der Waals surface area contributed by atoms with E-state index in [4.69, 9.17) is 13.9 Å². The molecule has 0 N–H and O–H groups in total. The van der Waals surface area contributed by atoms with Crippen molar-refractivity contribution in [2.24, 2.45) is 0 Å². The van der Waals surface area contributed by atoms with Crippen LogP contribution in [0.2, 0.25) is 0 Å². The van der Waals surface area contributed by atoms with Crippen LogP contribution in [0.15, 0.2) is 95.4 Å². The standard InChI is InChI=1S/C27H22BrO3/c1-29-23-12-8-21(9-13-23)26-17-19(16-25(28)20-6-4-3-5-7-20)18-27(31-26)22-10-14-24(30-2)15-11-22/h3-18H,1-2H3/q+1/b25-16-. The van der Waals surface area contributed by atoms with Crippen molar-refractivity contribution in [2.75, 3.05) is 14.2 Å². The van der Waals surface area contributed by atoms with Gasteiger partial charge in [0.1, 0.15) is 11.5 Å². The summed E-state index contributed by atoms with van der Waals surface area (Å²) in [5.41, 5.74) is 4.09. The van der Waals surface area contributed by atoms with E-state index in [2.05, 4.69) is 34.1 Å². The van der Waals surface area contributed by atoms with E-state index in [-0.39, 0.29) is 0 Å². The van der Waals surface area contributed by atoms with Crippen molar-refractivity contribution in [3.63, 3.8) is 0 Å². The summed E-state index contributed by atoms with van der Waals surface area (Å²) in [6, 6.07) is 30.0. The third-order valence-electron chi connectivity index (χ3n) is 4.91. The van der Waals surface area contributed by atoms with Gasteiger partial charge >= 0.3 is 11.5 Å². The summed E-state index contributed by atoms with van der Waals surface area (Å²) >= 11 is 3.72. The number of hydrogen-bond acceptors (Lipinski definition) is 2. The van der Waals surface area contributed by atoms with Gasteiger partial charge in [0.15, 0.2) is 0 Å². The lowest BCUT2D eigenvalue weighted by Crippen LogP contribution is -1.87. The molecule has 0 aliphatic rings. The van der Waals surface area contributed by atoms with Crippen molar-refractivity contribution in [1.82, 2.24) is 0 Å². The number of halogens is 1. The van der Waals surface area contributed by atoms with Crippen LogP contribution in [0, 0.1) is 0 Å². The van der Waals surface area contributed by atoms with Crippen molar-refractivity contribution >= 4 is 26.5 Å². The highest BCUT2D eigenvalue weighted by Gasteiger charge is 2.20. The SMILES string of the molecule is COc1ccc(-c2cc(/C=C(\Br)c3ccccc3)cc(-c3ccc(OC)cc3)[o+]2)cc1. The monoisotopic (exact) mass is 473 g/mol. The van der Waals surface area contributed by atoms with E-state index in [0.29, 0.717) is 0 Å². The van der Waals surface area contributed by atoms with Gasteiger partial charge in [-0.15, -0.1) is 0 Å². The molecule has 0 radical (unpaired) electrons. The molecular weight excluding hydrogens is 452 g/mol. The van der Waals surface area contributed by atoms with Crippen molar-refractivity contribution in [1.29, 1.82) is 0 Å². The Labute approximate surface area is 190 Å². The number of ether oxygens (including phenoxy) is 2. The first-order chi connectivity index (χ1) is 15.2. The van der Waals surface area contributed by atoms with Gasteiger partial charge in [0.25, 0.3) is 0 Å². The van der Waals surface area contributed by atoms with Crippen LogP contribution in [0.25, 0.3) is 33.2 Å². The molecule has 0 aliphatic heterocycles. The minimum atomic E-state index is 0.774. The van der Waals surface area contributed by atoms with E-state index >= 15 is 0 Å². The Morgan fingerprint density at radius 1 is 0.710 bits per heavy atom. The lowest BCUT2D eigenvalue weighted by Gasteiger charge is -2.03. The van der Waals surface area contributed by atoms with Gasteiger partial charge in [0.05, 0.1) is 37.5 Å². The number of methoxy groups -OCH3 is 2. The van der Waals surface area contributed by atoms with Crippen LogP contribution in [0.3, 0.4) is 0 Å². The Balaban J connectivity index is 1.81. The predicted octanol–water partition coefficient (Wildman–Crippen LogP) is 7.80. The average Bonchev–Trinajstić information content (AvgIpc) is 2.84. The van der Waals surface area contributed by atoms with Crippen molar-refractivity contribution in [3.05, 3.63) is 102 Å². The van der Waals surface area contributed by atoms with Crippen molar-refractivity contribution in [3.8, 4) is 34.1 Å². The van der Waals surface area contributed by atoms with Crippen LogP contribution < -0.4 is 9.47 Å². The molecule has 1 aromatic heterocycles. The minimum Gasteiger partial charge on any atom is -0.497 e. The Bertz CT molecular complexity index is 1120. The summed E-state index contributed by atoms with van der Waals surface area (Å²) in [7, 11) is 3.32. The first kappa shape index (κ1) is 20.9. The molecule has 0 saturated heterocycles. The molecule has 0 saturated carbocycles. The second kappa shape index (κ2) is 9.63. The van der Waals surface area contributed by atoms with Crippen LogP contribution in [-0.2, 0) is 0 Å². The van der Waals surface area contributed by atoms with Crippen LogP contribution in [0.1, 0.15) is 11.1 Å². The molecule has 0 fully saturated rings. The molecule has 154 valence electrons. The van der Waals surface area contributed by atoms with Crippen LogP contribution in [0.5, 0.6) is 11.5 Å². The second-order valence-electron chi connectivity index (χ2n) is 6.93. The maximum absolute atomic E-state index is 6.30. The van der Waals surface area contributed by atoms with Gasteiger partial charge in [-0.05, 0) is 65.7 Å². The first-order valence-electron chi connectivity index (χ1n) is 9.86. The highest BCUT2D eigenvalue weighted by Crippen LogP contribution is 2.32. The maximum atomic E-state index is 6.30. The number of benzene rings is 3. The van der Waals surface area contributed by atoms with Gasteiger partial charge in [0.2, 0.25) is 0 Å². The van der Waals surface area contributed by atoms with E-state index < -0.39 is 0 Å². The van der Waals surface area contributed by atoms with Crippen LogP contribution in [0.4, 0.5) is 0 Å². The van der Waals surface area contributed by atoms with E-state index in [1.165, 1.54) is 0 Å². The highest BCUT2D eigenvalue weighted by molar-refractivity contribution is 9.15. The van der Waals surface area contributed by atoms with Crippen molar-refractivity contribution < 1.29 is 13.9 Å². The van der Waals surface area contributed by atoms with Crippen molar-refractivity contribution in [2.45, 2.75) is 0 Å². The molecule has 0 unspecified atom stereocenters. The van der Waals surface area contributed by atoms with Crippen LogP contribution >= 0.6 is 15.9 Å². The minimum absolute atomic E-state index is 0.774. The second-order valence-corrected chi connectivity index (χ2v) is 7.79. The molecule has 0 spiro atoms. The fraction of sp³-hybridized carbons (Fsp3) is 0.0741. The van der Waals surface area contributed by atoms with Gasteiger partial charge in [-0.1, -0.05) is 46.3 Å². The zero-order valence-electron chi connectivity index (χ0n) is 17.3. The molecule has 4 heteroatoms. The molecule has 1 heterocycles. The lowest BCUT2D eigenvalue weighted by atomic mass is 10.1. The Morgan fingerprint density at radius 3 is 1.65 bits per heavy atom. The Morgan fingerprint density at radius 2 is 1.19 bits per heavy atom. The zero-order chi connectivity index (χ0) is 21.6. The number of hydrogen-bond donors (Lipinski definition) is 0. The molecule has 4 aromatic rings. The molecule has 0 bridgehead atoms. The fourth-order valence-electron chi connectivity index (χ4n) is 3.23. The van der Waals surface area contributed by atoms with Gasteiger partial charge in [0, 0.05) is 4.48 Å². The van der Waals surface area contributed by atoms with E-state index in [1.807, 2.05) is 78.9 Å². The topological polar surface area (TPSA) is 29.8 Å². The van der Waals surface area contributed by atoms with Gasteiger partial charge in [-0.25, -0.2) is 4.42 Å². The summed E-state index contributed by atoms with van der Waals surface area (Å²) in [5.74, 6) is 3.16. The highest BCUT2D eigenvalue weighted by atomic mass is 79.9. The molecule has 0 aliphatic carbocycles. The fourth-order valence-corrected chi connectivity index (χ4v) is 3.76. The number of rotatable bonds is 6. The summed E-state index contributed by atoms with van der Waals surface area (Å²) in [6.45, 7) is 0. The zero-order valence-corrected chi connectivity index (χ0v) is 18.9. The predicted molar refractivity (Wildman–Crippen MR) is 130 cm³/mol. The summed E-state index contributed by atoms with van der Waals surface area (Å²) < 4.78 is 17.9. The molecule has 0 atom stereocenters. The van der Waals surface area contributed by atoms with Gasteiger partial charge in [-0.2, -0.15) is 0 Å².